The van der Waals surface area contributed by atoms with Crippen LogP contribution in [0.1, 0.15) is 25.6 Å². The van der Waals surface area contributed by atoms with Crippen LogP contribution in [0.25, 0.3) is 21.3 Å². The molecule has 168 valence electrons. The number of nitrogens with zero attached hydrogens (tertiary/aromatic N) is 4. The average molecular weight is 469 g/mol. The van der Waals surface area contributed by atoms with Crippen molar-refractivity contribution in [1.29, 1.82) is 0 Å². The molecule has 0 unspecified atom stereocenters. The van der Waals surface area contributed by atoms with Crippen molar-refractivity contribution >= 4 is 39.6 Å². The average Bonchev–Trinajstić information content (AvgIpc) is 3.51. The zero-order valence-corrected chi connectivity index (χ0v) is 19.0. The molecule has 34 heavy (non-hydrogen) atoms. The highest BCUT2D eigenvalue weighted by molar-refractivity contribution is 7.15. The Labute approximate surface area is 199 Å². The number of hydrogen-bond acceptors (Lipinski definition) is 6. The normalized spacial score (nSPS) is 10.9. The maximum absolute atomic E-state index is 12.6. The van der Waals surface area contributed by atoms with Crippen LogP contribution in [0.2, 0.25) is 0 Å². The second-order valence-corrected chi connectivity index (χ2v) is 8.80. The van der Waals surface area contributed by atoms with E-state index in [4.69, 9.17) is 0 Å². The van der Waals surface area contributed by atoms with Crippen LogP contribution >= 0.6 is 11.3 Å². The summed E-state index contributed by atoms with van der Waals surface area (Å²) in [4.78, 5) is 34.7. The first-order valence-corrected chi connectivity index (χ1v) is 11.3. The van der Waals surface area contributed by atoms with Crippen LogP contribution in [-0.2, 0) is 13.6 Å². The van der Waals surface area contributed by atoms with Crippen LogP contribution in [0, 0.1) is 0 Å². The molecule has 0 saturated heterocycles. The van der Waals surface area contributed by atoms with Crippen LogP contribution < -0.4 is 10.6 Å². The minimum atomic E-state index is -0.218. The number of fused-ring (bicyclic) bond motifs is 1. The molecule has 0 radical (unpaired) electrons. The fraction of sp³-hybridized carbons (Fsp3) is 0.0800. The van der Waals surface area contributed by atoms with Gasteiger partial charge < -0.3 is 10.6 Å². The van der Waals surface area contributed by atoms with Gasteiger partial charge in [0.2, 0.25) is 0 Å². The summed E-state index contributed by atoms with van der Waals surface area (Å²) in [5.74, 6) is -0.368. The maximum Gasteiger partial charge on any atom is 0.255 e. The lowest BCUT2D eigenvalue weighted by Gasteiger charge is -2.05. The zero-order chi connectivity index (χ0) is 23.5. The van der Waals surface area contributed by atoms with E-state index in [9.17, 15) is 9.59 Å². The first kappa shape index (κ1) is 21.5. The van der Waals surface area contributed by atoms with Gasteiger partial charge in [0.25, 0.3) is 11.8 Å². The van der Waals surface area contributed by atoms with E-state index < -0.39 is 0 Å². The summed E-state index contributed by atoms with van der Waals surface area (Å²) in [5, 5.41) is 12.6. The van der Waals surface area contributed by atoms with Gasteiger partial charge >= 0.3 is 0 Å². The zero-order valence-electron chi connectivity index (χ0n) is 18.2. The van der Waals surface area contributed by atoms with E-state index in [1.54, 1.807) is 60.9 Å². The van der Waals surface area contributed by atoms with Crippen LogP contribution in [0.3, 0.4) is 0 Å². The van der Waals surface area contributed by atoms with Crippen molar-refractivity contribution < 1.29 is 9.59 Å². The highest BCUT2D eigenvalue weighted by atomic mass is 32.1. The number of aromatic nitrogens is 4. The maximum atomic E-state index is 12.6. The van der Waals surface area contributed by atoms with Gasteiger partial charge in [-0.1, -0.05) is 18.2 Å². The van der Waals surface area contributed by atoms with Gasteiger partial charge in [-0.25, -0.2) is 4.98 Å². The van der Waals surface area contributed by atoms with Crippen molar-refractivity contribution in [2.45, 2.75) is 6.54 Å². The molecule has 9 heteroatoms. The van der Waals surface area contributed by atoms with Crippen LogP contribution in [0.5, 0.6) is 0 Å². The molecule has 2 amide bonds. The van der Waals surface area contributed by atoms with E-state index in [1.807, 2.05) is 30.3 Å². The lowest BCUT2D eigenvalue weighted by molar-refractivity contribution is 0.0950. The van der Waals surface area contributed by atoms with Crippen molar-refractivity contribution in [3.05, 3.63) is 95.5 Å². The minimum Gasteiger partial charge on any atom is -0.347 e. The van der Waals surface area contributed by atoms with Crippen LogP contribution in [-0.4, -0.2) is 31.6 Å². The molecule has 5 aromatic rings. The molecule has 2 aromatic carbocycles. The number of aryl methyl sites for hydroxylation is 1. The molecular weight excluding hydrogens is 448 g/mol. The van der Waals surface area contributed by atoms with E-state index in [2.05, 4.69) is 25.7 Å². The molecular formula is C25H20N6O2S. The predicted octanol–water partition coefficient (Wildman–Crippen LogP) is 4.27. The van der Waals surface area contributed by atoms with Gasteiger partial charge in [-0.3, -0.25) is 19.3 Å². The molecule has 0 atom stereocenters. The van der Waals surface area contributed by atoms with Crippen molar-refractivity contribution in [2.75, 3.05) is 5.32 Å². The molecule has 2 N–H and O–H groups in total. The van der Waals surface area contributed by atoms with Crippen LogP contribution in [0.4, 0.5) is 5.69 Å². The van der Waals surface area contributed by atoms with Gasteiger partial charge in [-0.15, -0.1) is 11.3 Å². The number of hydrogen-bond donors (Lipinski definition) is 2. The number of carbonyl (C=O) groups excluding carboxylic acids is 2. The lowest BCUT2D eigenvalue weighted by Crippen LogP contribution is -2.22. The Hall–Kier alpha value is -4.37. The Balaban J connectivity index is 1.25. The number of benzene rings is 2. The summed E-state index contributed by atoms with van der Waals surface area (Å²) in [6.45, 7) is 0.367. The second kappa shape index (κ2) is 9.24. The largest absolute Gasteiger partial charge is 0.347 e. The molecule has 3 aromatic heterocycles. The standard InChI is InChI=1S/C25H20N6O2S/c1-31-15-21(12-29-31)30-24(33)17-3-2-4-19(10-17)25-28-14-22(34-25)13-27-23(32)18-5-6-20-11-26-8-7-16(20)9-18/h2-12,14-15H,13H2,1H3,(H,27,32)(H,30,33). The Morgan fingerprint density at radius 2 is 1.85 bits per heavy atom. The second-order valence-electron chi connectivity index (χ2n) is 7.69. The van der Waals surface area contributed by atoms with Crippen LogP contribution in [0.15, 0.2) is 79.5 Å². The van der Waals surface area contributed by atoms with E-state index in [-0.39, 0.29) is 11.8 Å². The van der Waals surface area contributed by atoms with Crippen molar-refractivity contribution in [1.82, 2.24) is 25.1 Å². The Morgan fingerprint density at radius 3 is 2.71 bits per heavy atom. The number of anilines is 1. The summed E-state index contributed by atoms with van der Waals surface area (Å²) >= 11 is 1.47. The molecule has 0 spiro atoms. The van der Waals surface area contributed by atoms with Gasteiger partial charge in [0, 0.05) is 58.8 Å². The Bertz CT molecular complexity index is 1510. The SMILES string of the molecule is Cn1cc(NC(=O)c2cccc(-c3ncc(CNC(=O)c4ccc5cnccc5c4)s3)c2)cn1. The third-order valence-electron chi connectivity index (χ3n) is 5.21. The third-order valence-corrected chi connectivity index (χ3v) is 6.26. The van der Waals surface area contributed by atoms with E-state index in [0.717, 1.165) is 26.2 Å². The smallest absolute Gasteiger partial charge is 0.255 e. The number of amides is 2. The lowest BCUT2D eigenvalue weighted by atomic mass is 10.1. The topological polar surface area (TPSA) is 102 Å². The molecule has 0 saturated carbocycles. The quantitative estimate of drug-likeness (QED) is 0.387. The monoisotopic (exact) mass is 468 g/mol. The fourth-order valence-electron chi connectivity index (χ4n) is 3.50. The Morgan fingerprint density at radius 1 is 0.971 bits per heavy atom. The fourth-order valence-corrected chi connectivity index (χ4v) is 4.35. The summed E-state index contributed by atoms with van der Waals surface area (Å²) in [6.07, 6.45) is 8.55. The first-order chi connectivity index (χ1) is 16.5. The number of pyridine rings is 1. The summed E-state index contributed by atoms with van der Waals surface area (Å²) in [6, 6.07) is 14.7. The van der Waals surface area contributed by atoms with E-state index in [1.165, 1.54) is 11.3 Å². The first-order valence-electron chi connectivity index (χ1n) is 10.5. The predicted molar refractivity (Wildman–Crippen MR) is 132 cm³/mol. The Kier molecular flexibility index (Phi) is 5.84. The molecule has 8 nitrogen and oxygen atoms in total. The number of carbonyl (C=O) groups is 2. The molecule has 5 rings (SSSR count). The minimum absolute atomic E-state index is 0.150. The summed E-state index contributed by atoms with van der Waals surface area (Å²) < 4.78 is 1.62. The highest BCUT2D eigenvalue weighted by Crippen LogP contribution is 2.26. The van der Waals surface area contributed by atoms with Gasteiger partial charge in [0.15, 0.2) is 0 Å². The molecule has 0 aliphatic carbocycles. The molecule has 0 fully saturated rings. The highest BCUT2D eigenvalue weighted by Gasteiger charge is 2.12. The van der Waals surface area contributed by atoms with Crippen molar-refractivity contribution in [3.8, 4) is 10.6 Å². The molecule has 0 aliphatic rings. The van der Waals surface area contributed by atoms with Gasteiger partial charge in [0.05, 0.1) is 18.4 Å². The van der Waals surface area contributed by atoms with E-state index >= 15 is 0 Å². The van der Waals surface area contributed by atoms with Crippen molar-refractivity contribution in [2.24, 2.45) is 7.05 Å². The van der Waals surface area contributed by atoms with Crippen molar-refractivity contribution in [3.63, 3.8) is 0 Å². The number of nitrogens with one attached hydrogen (secondary N) is 2. The van der Waals surface area contributed by atoms with Gasteiger partial charge in [-0.2, -0.15) is 5.10 Å². The molecule has 0 aliphatic heterocycles. The molecule has 3 heterocycles. The van der Waals surface area contributed by atoms with E-state index in [0.29, 0.717) is 23.4 Å². The number of rotatable bonds is 6. The third kappa shape index (κ3) is 4.69. The van der Waals surface area contributed by atoms with Gasteiger partial charge in [-0.05, 0) is 35.7 Å². The summed E-state index contributed by atoms with van der Waals surface area (Å²) in [7, 11) is 1.79. The molecule has 0 bridgehead atoms. The summed E-state index contributed by atoms with van der Waals surface area (Å²) in [5.41, 5.74) is 2.59. The van der Waals surface area contributed by atoms with Gasteiger partial charge in [0.1, 0.15) is 5.01 Å². The number of thiazole rings is 1.